The number of hydrogen-bond acceptors (Lipinski definition) is 6. The molecule has 1 aliphatic rings. The number of benzene rings is 2. The molecule has 0 atom stereocenters. The Morgan fingerprint density at radius 1 is 0.970 bits per heavy atom. The number of carbonyl (C=O) groups is 2. The molecule has 0 bridgehead atoms. The minimum Gasteiger partial charge on any atom is -0.482 e. The van der Waals surface area contributed by atoms with Crippen LogP contribution in [0.4, 0.5) is 5.69 Å². The number of carbonyl (C=O) groups excluding carboxylic acids is 2. The third-order valence-corrected chi connectivity index (χ3v) is 7.41. The maximum atomic E-state index is 13.2. The van der Waals surface area contributed by atoms with Crippen molar-refractivity contribution in [1.29, 1.82) is 0 Å². The number of anilines is 1. The topological polar surface area (TPSA) is 102 Å². The Morgan fingerprint density at radius 3 is 2.39 bits per heavy atom. The van der Waals surface area contributed by atoms with E-state index in [1.54, 1.807) is 31.2 Å². The minimum atomic E-state index is -3.66. The van der Waals surface area contributed by atoms with Gasteiger partial charge in [-0.05, 0) is 62.1 Å². The van der Waals surface area contributed by atoms with Crippen molar-refractivity contribution >= 4 is 27.6 Å². The second-order valence-electron chi connectivity index (χ2n) is 8.11. The number of rotatable bonds is 8. The fourth-order valence-corrected chi connectivity index (χ4v) is 5.38. The first-order chi connectivity index (χ1) is 15.8. The molecule has 0 saturated carbocycles. The molecule has 9 heteroatoms. The number of aryl methyl sites for hydroxylation is 2. The average Bonchev–Trinajstić information content (AvgIpc) is 3.08. The van der Waals surface area contributed by atoms with Gasteiger partial charge in [-0.2, -0.15) is 4.31 Å². The van der Waals surface area contributed by atoms with E-state index in [1.165, 1.54) is 10.4 Å². The largest absolute Gasteiger partial charge is 0.482 e. The van der Waals surface area contributed by atoms with Gasteiger partial charge in [-0.3, -0.25) is 4.79 Å². The molecule has 1 N–H and O–H groups in total. The van der Waals surface area contributed by atoms with E-state index in [2.05, 4.69) is 5.32 Å². The van der Waals surface area contributed by atoms with Gasteiger partial charge in [-0.1, -0.05) is 31.0 Å². The van der Waals surface area contributed by atoms with E-state index in [4.69, 9.17) is 9.47 Å². The summed E-state index contributed by atoms with van der Waals surface area (Å²) in [6.07, 6.45) is 3.73. The van der Waals surface area contributed by atoms with Gasteiger partial charge in [0.1, 0.15) is 5.75 Å². The summed E-state index contributed by atoms with van der Waals surface area (Å²) in [5, 5.41) is 2.59. The van der Waals surface area contributed by atoms with Gasteiger partial charge < -0.3 is 14.8 Å². The van der Waals surface area contributed by atoms with Gasteiger partial charge >= 0.3 is 5.97 Å². The fourth-order valence-electron chi connectivity index (χ4n) is 3.61. The van der Waals surface area contributed by atoms with E-state index >= 15 is 0 Å². The van der Waals surface area contributed by atoms with Gasteiger partial charge in [-0.15, -0.1) is 0 Å². The molecule has 0 radical (unpaired) electrons. The molecule has 1 fully saturated rings. The Bertz CT molecular complexity index is 1090. The predicted molar refractivity (Wildman–Crippen MR) is 125 cm³/mol. The zero-order valence-corrected chi connectivity index (χ0v) is 19.8. The van der Waals surface area contributed by atoms with Crippen LogP contribution in [0, 0.1) is 13.8 Å². The standard InChI is InChI=1S/C24H30N2O6S/c1-18-8-7-9-21(14-18)31-17-24(28)32-16-23(27)25-20-11-10-19(2)22(15-20)33(29,30)26-12-5-3-4-6-13-26/h7-11,14-15H,3-6,12-13,16-17H2,1-2H3,(H,25,27). The molecule has 0 unspecified atom stereocenters. The van der Waals surface area contributed by atoms with E-state index in [0.29, 0.717) is 30.1 Å². The summed E-state index contributed by atoms with van der Waals surface area (Å²) < 4.78 is 38.1. The van der Waals surface area contributed by atoms with Gasteiger partial charge in [0.2, 0.25) is 10.0 Å². The van der Waals surface area contributed by atoms with Crippen LogP contribution in [0.2, 0.25) is 0 Å². The highest BCUT2D eigenvalue weighted by molar-refractivity contribution is 7.89. The van der Waals surface area contributed by atoms with Crippen molar-refractivity contribution in [2.24, 2.45) is 0 Å². The Hall–Kier alpha value is -2.91. The Morgan fingerprint density at radius 2 is 1.70 bits per heavy atom. The van der Waals surface area contributed by atoms with Gasteiger partial charge in [0.05, 0.1) is 4.90 Å². The molecular weight excluding hydrogens is 444 g/mol. The van der Waals surface area contributed by atoms with E-state index in [-0.39, 0.29) is 11.5 Å². The summed E-state index contributed by atoms with van der Waals surface area (Å²) >= 11 is 0. The predicted octanol–water partition coefficient (Wildman–Crippen LogP) is 3.43. The van der Waals surface area contributed by atoms with Crippen molar-refractivity contribution < 1.29 is 27.5 Å². The number of hydrogen-bond donors (Lipinski definition) is 1. The lowest BCUT2D eigenvalue weighted by Crippen LogP contribution is -2.32. The van der Waals surface area contributed by atoms with Crippen LogP contribution in [-0.4, -0.2) is 50.9 Å². The maximum absolute atomic E-state index is 13.2. The lowest BCUT2D eigenvalue weighted by atomic mass is 10.2. The van der Waals surface area contributed by atoms with Crippen molar-refractivity contribution in [2.75, 3.05) is 31.6 Å². The van der Waals surface area contributed by atoms with Crippen molar-refractivity contribution in [3.05, 3.63) is 53.6 Å². The number of sulfonamides is 1. The number of nitrogens with one attached hydrogen (secondary N) is 1. The summed E-state index contributed by atoms with van der Waals surface area (Å²) in [5.41, 5.74) is 1.93. The summed E-state index contributed by atoms with van der Waals surface area (Å²) in [6, 6.07) is 12.0. The fraction of sp³-hybridized carbons (Fsp3) is 0.417. The molecule has 1 heterocycles. The molecule has 0 aromatic heterocycles. The molecule has 0 spiro atoms. The van der Waals surface area contributed by atoms with Crippen LogP contribution in [0.15, 0.2) is 47.4 Å². The summed E-state index contributed by atoms with van der Waals surface area (Å²) in [6.45, 7) is 3.81. The molecule has 1 aliphatic heterocycles. The number of ether oxygens (including phenoxy) is 2. The lowest BCUT2D eigenvalue weighted by molar-refractivity contribution is -0.149. The van der Waals surface area contributed by atoms with Crippen LogP contribution in [-0.2, 0) is 24.3 Å². The van der Waals surface area contributed by atoms with Crippen molar-refractivity contribution in [1.82, 2.24) is 4.31 Å². The highest BCUT2D eigenvalue weighted by atomic mass is 32.2. The SMILES string of the molecule is Cc1cccc(OCC(=O)OCC(=O)Nc2ccc(C)c(S(=O)(=O)N3CCCCCC3)c2)c1. The molecule has 33 heavy (non-hydrogen) atoms. The minimum absolute atomic E-state index is 0.172. The molecule has 1 amide bonds. The van der Waals surface area contributed by atoms with Gasteiger partial charge in [0, 0.05) is 18.8 Å². The molecule has 3 rings (SSSR count). The van der Waals surface area contributed by atoms with Crippen LogP contribution in [0.25, 0.3) is 0 Å². The third-order valence-electron chi connectivity index (χ3n) is 5.37. The van der Waals surface area contributed by atoms with Crippen molar-refractivity contribution in [3.63, 3.8) is 0 Å². The monoisotopic (exact) mass is 474 g/mol. The van der Waals surface area contributed by atoms with E-state index in [1.807, 2.05) is 19.1 Å². The van der Waals surface area contributed by atoms with E-state index < -0.39 is 28.5 Å². The lowest BCUT2D eigenvalue weighted by Gasteiger charge is -2.21. The number of amides is 1. The zero-order chi connectivity index (χ0) is 23.8. The quantitative estimate of drug-likeness (QED) is 0.588. The van der Waals surface area contributed by atoms with Crippen molar-refractivity contribution in [3.8, 4) is 5.75 Å². The molecular formula is C24H30N2O6S. The summed E-state index contributed by atoms with van der Waals surface area (Å²) in [7, 11) is -3.66. The highest BCUT2D eigenvalue weighted by Gasteiger charge is 2.27. The first-order valence-corrected chi connectivity index (χ1v) is 12.5. The Labute approximate surface area is 194 Å². The number of nitrogens with zero attached hydrogens (tertiary/aromatic N) is 1. The van der Waals surface area contributed by atoms with Crippen LogP contribution in [0.5, 0.6) is 5.75 Å². The van der Waals surface area contributed by atoms with Gasteiger partial charge in [0.25, 0.3) is 5.91 Å². The first-order valence-electron chi connectivity index (χ1n) is 11.0. The van der Waals surface area contributed by atoms with Crippen LogP contribution in [0.1, 0.15) is 36.8 Å². The normalized spacial score (nSPS) is 14.8. The van der Waals surface area contributed by atoms with Gasteiger partial charge in [0.15, 0.2) is 13.2 Å². The van der Waals surface area contributed by atoms with E-state index in [9.17, 15) is 18.0 Å². The highest BCUT2D eigenvalue weighted by Crippen LogP contribution is 2.25. The smallest absolute Gasteiger partial charge is 0.344 e. The molecule has 8 nitrogen and oxygen atoms in total. The molecule has 2 aromatic carbocycles. The first kappa shape index (κ1) is 24.7. The van der Waals surface area contributed by atoms with Crippen LogP contribution in [0.3, 0.4) is 0 Å². The molecule has 2 aromatic rings. The second kappa shape index (κ2) is 11.3. The summed E-state index contributed by atoms with van der Waals surface area (Å²) in [4.78, 5) is 24.3. The Balaban J connectivity index is 1.56. The average molecular weight is 475 g/mol. The maximum Gasteiger partial charge on any atom is 0.344 e. The zero-order valence-electron chi connectivity index (χ0n) is 19.0. The molecule has 0 aliphatic carbocycles. The third kappa shape index (κ3) is 7.03. The van der Waals surface area contributed by atoms with Crippen LogP contribution >= 0.6 is 0 Å². The molecule has 178 valence electrons. The van der Waals surface area contributed by atoms with E-state index in [0.717, 1.165) is 31.2 Å². The van der Waals surface area contributed by atoms with Crippen LogP contribution < -0.4 is 10.1 Å². The Kier molecular flexibility index (Phi) is 8.46. The second-order valence-corrected chi connectivity index (χ2v) is 10.0. The van der Waals surface area contributed by atoms with Gasteiger partial charge in [-0.25, -0.2) is 13.2 Å². The van der Waals surface area contributed by atoms with Crippen molar-refractivity contribution in [2.45, 2.75) is 44.4 Å². The molecule has 1 saturated heterocycles. The summed E-state index contributed by atoms with van der Waals surface area (Å²) in [5.74, 6) is -0.713. The number of esters is 1.